The van der Waals surface area contributed by atoms with Gasteiger partial charge in [-0.1, -0.05) is 45.6 Å². The van der Waals surface area contributed by atoms with Gasteiger partial charge in [-0.05, 0) is 50.8 Å². The van der Waals surface area contributed by atoms with E-state index in [1.807, 2.05) is 19.9 Å². The highest BCUT2D eigenvalue weighted by atomic mass is 16.1. The van der Waals surface area contributed by atoms with Crippen molar-refractivity contribution in [3.63, 3.8) is 0 Å². The smallest absolute Gasteiger partial charge is 0.146 e. The van der Waals surface area contributed by atoms with Crippen LogP contribution < -0.4 is 0 Å². The lowest BCUT2D eigenvalue weighted by Crippen LogP contribution is -2.36. The Morgan fingerprint density at radius 1 is 1.35 bits per heavy atom. The zero-order valence-corrected chi connectivity index (χ0v) is 13.9. The Morgan fingerprint density at radius 2 is 2.00 bits per heavy atom. The van der Waals surface area contributed by atoms with Crippen LogP contribution in [-0.2, 0) is 4.79 Å². The van der Waals surface area contributed by atoms with Gasteiger partial charge in [-0.15, -0.1) is 0 Å². The number of hydrogen-bond donors (Lipinski definition) is 0. The molecule has 2 heteroatoms. The number of hydrogen-bond acceptors (Lipinski definition) is 2. The van der Waals surface area contributed by atoms with Gasteiger partial charge in [0.25, 0.3) is 0 Å². The summed E-state index contributed by atoms with van der Waals surface area (Å²) < 4.78 is 0. The first kappa shape index (κ1) is 18.9. The van der Waals surface area contributed by atoms with Crippen molar-refractivity contribution < 1.29 is 4.79 Å². The van der Waals surface area contributed by atoms with Gasteiger partial charge in [0.2, 0.25) is 0 Å². The maximum absolute atomic E-state index is 11.6. The summed E-state index contributed by atoms with van der Waals surface area (Å²) in [4.78, 5) is 13.9. The first-order chi connectivity index (χ1) is 9.60. The van der Waals surface area contributed by atoms with Gasteiger partial charge < -0.3 is 0 Å². The minimum atomic E-state index is 0.118. The average Bonchev–Trinajstić information content (AvgIpc) is 2.93. The third kappa shape index (κ3) is 5.87. The lowest BCUT2D eigenvalue weighted by atomic mass is 10.1. The molecule has 1 rings (SSSR count). The lowest BCUT2D eigenvalue weighted by molar-refractivity contribution is -0.121. The molecule has 0 aliphatic carbocycles. The Hall–Kier alpha value is -1.15. The number of ketones is 1. The number of allylic oxidation sites excluding steroid dienone is 3. The Labute approximate surface area is 125 Å². The van der Waals surface area contributed by atoms with Crippen LogP contribution in [0.2, 0.25) is 0 Å². The second-order valence-corrected chi connectivity index (χ2v) is 4.96. The van der Waals surface area contributed by atoms with Crippen molar-refractivity contribution in [3.05, 3.63) is 36.0 Å². The number of Topliss-reactive ketones (excluding diaryl/α,β-unsaturated/α-hetero) is 1. The molecule has 0 aromatic carbocycles. The molecule has 114 valence electrons. The second-order valence-electron chi connectivity index (χ2n) is 4.96. The fraction of sp³-hybridized carbons (Fsp3) is 0.611. The summed E-state index contributed by atoms with van der Waals surface area (Å²) in [7, 11) is 0. The van der Waals surface area contributed by atoms with E-state index in [0.29, 0.717) is 5.78 Å². The van der Waals surface area contributed by atoms with Crippen LogP contribution in [0.5, 0.6) is 0 Å². The van der Waals surface area contributed by atoms with Crippen LogP contribution in [-0.4, -0.2) is 29.8 Å². The summed E-state index contributed by atoms with van der Waals surface area (Å²) in [5.41, 5.74) is 2.48. The molecule has 0 spiro atoms. The standard InChI is InChI=1S/C16H25NO.C2H6/c1-5-7-9-15(13(3)6-2)12-17-11-8-10-16(17)14(4)18;1-2/h6-7,9,16H,2,5,8,10-12H2,1,3-4H3;1-2H3/b9-7-,15-13+;. The van der Waals surface area contributed by atoms with E-state index in [1.165, 1.54) is 11.1 Å². The van der Waals surface area contributed by atoms with Gasteiger partial charge >= 0.3 is 0 Å². The molecule has 1 aliphatic heterocycles. The Morgan fingerprint density at radius 3 is 2.50 bits per heavy atom. The second kappa shape index (κ2) is 10.6. The molecule has 1 heterocycles. The Bertz CT molecular complexity index is 366. The molecule has 2 nitrogen and oxygen atoms in total. The van der Waals surface area contributed by atoms with Gasteiger partial charge in [-0.2, -0.15) is 0 Å². The Kier molecular flexibility index (Phi) is 10.0. The molecule has 20 heavy (non-hydrogen) atoms. The van der Waals surface area contributed by atoms with Crippen molar-refractivity contribution in [3.8, 4) is 0 Å². The van der Waals surface area contributed by atoms with Gasteiger partial charge in [-0.25, -0.2) is 0 Å². The molecule has 0 saturated carbocycles. The van der Waals surface area contributed by atoms with Gasteiger partial charge in [0.05, 0.1) is 6.04 Å². The number of likely N-dealkylation sites (tertiary alicyclic amines) is 1. The molecule has 0 aromatic rings. The fourth-order valence-corrected chi connectivity index (χ4v) is 2.39. The molecule has 1 unspecified atom stereocenters. The predicted molar refractivity (Wildman–Crippen MR) is 89.0 cm³/mol. The quantitative estimate of drug-likeness (QED) is 0.665. The summed E-state index contributed by atoms with van der Waals surface area (Å²) in [6, 6.07) is 0.118. The summed E-state index contributed by atoms with van der Waals surface area (Å²) in [6.07, 6.45) is 9.40. The maximum Gasteiger partial charge on any atom is 0.146 e. The number of carbonyl (C=O) groups is 1. The van der Waals surface area contributed by atoms with Crippen LogP contribution in [0.3, 0.4) is 0 Å². The van der Waals surface area contributed by atoms with Crippen LogP contribution in [0.4, 0.5) is 0 Å². The zero-order valence-electron chi connectivity index (χ0n) is 13.9. The monoisotopic (exact) mass is 277 g/mol. The molecular weight excluding hydrogens is 246 g/mol. The molecule has 0 amide bonds. The summed E-state index contributed by atoms with van der Waals surface area (Å²) in [5.74, 6) is 0.294. The molecule has 1 atom stereocenters. The molecule has 0 aromatic heterocycles. The van der Waals surface area contributed by atoms with E-state index in [1.54, 1.807) is 6.92 Å². The van der Waals surface area contributed by atoms with Crippen molar-refractivity contribution in [2.24, 2.45) is 0 Å². The largest absolute Gasteiger partial charge is 0.298 e. The highest BCUT2D eigenvalue weighted by Crippen LogP contribution is 2.21. The predicted octanol–water partition coefficient (Wildman–Crippen LogP) is 4.53. The maximum atomic E-state index is 11.6. The molecule has 1 aliphatic rings. The molecule has 1 fully saturated rings. The molecule has 0 bridgehead atoms. The highest BCUT2D eigenvalue weighted by molar-refractivity contribution is 5.81. The summed E-state index contributed by atoms with van der Waals surface area (Å²) in [6.45, 7) is 15.6. The Balaban J connectivity index is 0.00000172. The fourth-order valence-electron chi connectivity index (χ4n) is 2.39. The van der Waals surface area contributed by atoms with E-state index in [4.69, 9.17) is 0 Å². The van der Waals surface area contributed by atoms with E-state index >= 15 is 0 Å². The van der Waals surface area contributed by atoms with Crippen LogP contribution in [0, 0.1) is 0 Å². The van der Waals surface area contributed by atoms with E-state index in [-0.39, 0.29) is 6.04 Å². The van der Waals surface area contributed by atoms with Gasteiger partial charge in [-0.3, -0.25) is 9.69 Å². The van der Waals surface area contributed by atoms with Crippen LogP contribution in [0.15, 0.2) is 36.0 Å². The number of rotatable bonds is 6. The average molecular weight is 277 g/mol. The molecule has 1 saturated heterocycles. The van der Waals surface area contributed by atoms with Gasteiger partial charge in [0.15, 0.2) is 0 Å². The summed E-state index contributed by atoms with van der Waals surface area (Å²) in [5, 5.41) is 0. The van der Waals surface area contributed by atoms with Crippen molar-refractivity contribution in [1.29, 1.82) is 0 Å². The van der Waals surface area contributed by atoms with E-state index in [9.17, 15) is 4.79 Å². The van der Waals surface area contributed by atoms with Crippen molar-refractivity contribution in [2.45, 2.75) is 59.9 Å². The minimum absolute atomic E-state index is 0.118. The SMILES string of the molecule is C=C/C(C)=C(\C=C/CC)CN1CCCC1C(C)=O.CC. The van der Waals surface area contributed by atoms with Gasteiger partial charge in [0.1, 0.15) is 5.78 Å². The lowest BCUT2D eigenvalue weighted by Gasteiger charge is -2.23. The third-order valence-electron chi connectivity index (χ3n) is 3.57. The zero-order chi connectivity index (χ0) is 15.5. The molecule has 0 radical (unpaired) electrons. The number of carbonyl (C=O) groups excluding carboxylic acids is 1. The van der Waals surface area contributed by atoms with E-state index in [2.05, 4.69) is 37.5 Å². The third-order valence-corrected chi connectivity index (χ3v) is 3.57. The van der Waals surface area contributed by atoms with Crippen molar-refractivity contribution in [1.82, 2.24) is 4.90 Å². The number of nitrogens with zero attached hydrogens (tertiary/aromatic N) is 1. The van der Waals surface area contributed by atoms with Crippen LogP contribution >= 0.6 is 0 Å². The first-order valence-electron chi connectivity index (χ1n) is 7.83. The molecule has 0 N–H and O–H groups in total. The van der Waals surface area contributed by atoms with Crippen molar-refractivity contribution >= 4 is 5.78 Å². The van der Waals surface area contributed by atoms with Crippen molar-refractivity contribution in [2.75, 3.05) is 13.1 Å². The molecular formula is C18H31NO. The van der Waals surface area contributed by atoms with E-state index < -0.39 is 0 Å². The first-order valence-corrected chi connectivity index (χ1v) is 7.83. The summed E-state index contributed by atoms with van der Waals surface area (Å²) >= 11 is 0. The van der Waals surface area contributed by atoms with Crippen LogP contribution in [0.1, 0.15) is 53.9 Å². The normalized spacial score (nSPS) is 20.4. The van der Waals surface area contributed by atoms with Gasteiger partial charge in [0, 0.05) is 6.54 Å². The van der Waals surface area contributed by atoms with E-state index in [0.717, 1.165) is 32.4 Å². The minimum Gasteiger partial charge on any atom is -0.298 e. The highest BCUT2D eigenvalue weighted by Gasteiger charge is 2.28. The topological polar surface area (TPSA) is 20.3 Å². The van der Waals surface area contributed by atoms with Crippen LogP contribution in [0.25, 0.3) is 0 Å².